The summed E-state index contributed by atoms with van der Waals surface area (Å²) in [4.78, 5) is 10.4. The first-order valence-corrected chi connectivity index (χ1v) is 6.76. The first-order valence-electron chi connectivity index (χ1n) is 5.59. The van der Waals surface area contributed by atoms with Gasteiger partial charge in [-0.2, -0.15) is 0 Å². The van der Waals surface area contributed by atoms with Gasteiger partial charge in [0.05, 0.1) is 9.40 Å². The van der Waals surface area contributed by atoms with E-state index in [1.807, 2.05) is 0 Å². The maximum atomic E-state index is 13.1. The summed E-state index contributed by atoms with van der Waals surface area (Å²) in [6.07, 6.45) is 0. The molecule has 2 aromatic carbocycles. The largest absolute Gasteiger partial charge is 0.375 e. The molecule has 0 saturated carbocycles. The van der Waals surface area contributed by atoms with Crippen molar-refractivity contribution in [2.75, 3.05) is 5.32 Å². The van der Waals surface area contributed by atoms with E-state index in [0.29, 0.717) is 21.7 Å². The third-order valence-electron chi connectivity index (χ3n) is 2.62. The highest BCUT2D eigenvalue weighted by Crippen LogP contribution is 2.28. The van der Waals surface area contributed by atoms with Crippen molar-refractivity contribution in [3.8, 4) is 0 Å². The minimum Gasteiger partial charge on any atom is -0.375 e. The SMILES string of the molecule is O=[N+]([O-])c1ccc(Cl)cc1NCc1ccc(F)c(Br)c1. The van der Waals surface area contributed by atoms with Gasteiger partial charge in [0, 0.05) is 17.6 Å². The Kier molecular flexibility index (Phi) is 4.57. The third kappa shape index (κ3) is 3.46. The average Bonchev–Trinajstić information content (AvgIpc) is 2.40. The van der Waals surface area contributed by atoms with E-state index in [1.54, 1.807) is 12.1 Å². The van der Waals surface area contributed by atoms with E-state index < -0.39 is 4.92 Å². The Morgan fingerprint density at radius 1 is 1.30 bits per heavy atom. The minimum absolute atomic E-state index is 0.0597. The molecular weight excluding hydrogens is 351 g/mol. The molecule has 0 heterocycles. The molecule has 0 unspecified atom stereocenters. The normalized spacial score (nSPS) is 10.3. The summed E-state index contributed by atoms with van der Waals surface area (Å²) in [5.41, 5.74) is 1.05. The lowest BCUT2D eigenvalue weighted by Gasteiger charge is -2.08. The highest BCUT2D eigenvalue weighted by Gasteiger charge is 2.13. The van der Waals surface area contributed by atoms with Gasteiger partial charge in [-0.15, -0.1) is 0 Å². The van der Waals surface area contributed by atoms with Crippen molar-refractivity contribution in [3.05, 3.63) is 67.4 Å². The van der Waals surface area contributed by atoms with Crippen molar-refractivity contribution >= 4 is 38.9 Å². The molecule has 2 aromatic rings. The molecule has 7 heteroatoms. The Hall–Kier alpha value is -1.66. The van der Waals surface area contributed by atoms with Crippen molar-refractivity contribution in [1.29, 1.82) is 0 Å². The summed E-state index contributed by atoms with van der Waals surface area (Å²) < 4.78 is 13.5. The number of nitrogens with zero attached hydrogens (tertiary/aromatic N) is 1. The molecule has 0 atom stereocenters. The van der Waals surface area contributed by atoms with Crippen molar-refractivity contribution in [1.82, 2.24) is 0 Å². The summed E-state index contributed by atoms with van der Waals surface area (Å²) >= 11 is 8.92. The van der Waals surface area contributed by atoms with E-state index in [9.17, 15) is 14.5 Å². The summed E-state index contributed by atoms with van der Waals surface area (Å²) in [7, 11) is 0. The highest BCUT2D eigenvalue weighted by atomic mass is 79.9. The molecule has 1 N–H and O–H groups in total. The zero-order valence-electron chi connectivity index (χ0n) is 10.1. The third-order valence-corrected chi connectivity index (χ3v) is 3.47. The minimum atomic E-state index is -0.487. The van der Waals surface area contributed by atoms with E-state index in [2.05, 4.69) is 21.2 Å². The van der Waals surface area contributed by atoms with Gasteiger partial charge in [0.25, 0.3) is 5.69 Å². The van der Waals surface area contributed by atoms with Crippen LogP contribution >= 0.6 is 27.5 Å². The fraction of sp³-hybridized carbons (Fsp3) is 0.0769. The molecule has 20 heavy (non-hydrogen) atoms. The Labute approximate surface area is 127 Å². The lowest BCUT2D eigenvalue weighted by Crippen LogP contribution is -2.03. The summed E-state index contributed by atoms with van der Waals surface area (Å²) in [5.74, 6) is -0.359. The second kappa shape index (κ2) is 6.19. The molecule has 0 aliphatic carbocycles. The first kappa shape index (κ1) is 14.7. The molecule has 0 aliphatic rings. The van der Waals surface area contributed by atoms with Crippen molar-refractivity contribution < 1.29 is 9.31 Å². The Morgan fingerprint density at radius 3 is 2.70 bits per heavy atom. The number of hydrogen-bond donors (Lipinski definition) is 1. The fourth-order valence-corrected chi connectivity index (χ4v) is 2.25. The van der Waals surface area contributed by atoms with Crippen LogP contribution in [0, 0.1) is 15.9 Å². The summed E-state index contributed by atoms with van der Waals surface area (Å²) in [6, 6.07) is 8.82. The number of rotatable bonds is 4. The van der Waals surface area contributed by atoms with Crippen LogP contribution in [-0.2, 0) is 6.54 Å². The monoisotopic (exact) mass is 358 g/mol. The van der Waals surface area contributed by atoms with Gasteiger partial charge in [0.1, 0.15) is 11.5 Å². The van der Waals surface area contributed by atoms with Gasteiger partial charge in [0.15, 0.2) is 0 Å². The number of halogens is 3. The second-order valence-corrected chi connectivity index (χ2v) is 5.31. The zero-order valence-corrected chi connectivity index (χ0v) is 12.4. The van der Waals surface area contributed by atoms with Crippen LogP contribution in [0.2, 0.25) is 5.02 Å². The van der Waals surface area contributed by atoms with Crippen LogP contribution in [0.1, 0.15) is 5.56 Å². The van der Waals surface area contributed by atoms with E-state index in [4.69, 9.17) is 11.6 Å². The summed E-state index contributed by atoms with van der Waals surface area (Å²) in [6.45, 7) is 0.320. The molecule has 104 valence electrons. The van der Waals surface area contributed by atoms with Crippen molar-refractivity contribution in [3.63, 3.8) is 0 Å². The van der Waals surface area contributed by atoms with Gasteiger partial charge in [-0.3, -0.25) is 10.1 Å². The van der Waals surface area contributed by atoms with Crippen LogP contribution < -0.4 is 5.32 Å². The molecule has 0 spiro atoms. The van der Waals surface area contributed by atoms with Crippen LogP contribution in [0.15, 0.2) is 40.9 Å². The van der Waals surface area contributed by atoms with Crippen LogP contribution in [0.25, 0.3) is 0 Å². The van der Waals surface area contributed by atoms with E-state index >= 15 is 0 Å². The molecule has 0 amide bonds. The zero-order chi connectivity index (χ0) is 14.7. The van der Waals surface area contributed by atoms with E-state index in [1.165, 1.54) is 24.3 Å². The predicted molar refractivity (Wildman–Crippen MR) is 79.5 cm³/mol. The first-order chi connectivity index (χ1) is 9.47. The fourth-order valence-electron chi connectivity index (χ4n) is 1.66. The Bertz CT molecular complexity index is 667. The standard InChI is InChI=1S/C13H9BrClFN2O2/c14-10-5-8(1-3-11(10)16)7-17-12-6-9(15)2-4-13(12)18(19)20/h1-6,17H,7H2. The predicted octanol–water partition coefficient (Wildman–Crippen LogP) is 4.76. The quantitative estimate of drug-likeness (QED) is 0.632. The van der Waals surface area contributed by atoms with Crippen molar-refractivity contribution in [2.45, 2.75) is 6.54 Å². The smallest absolute Gasteiger partial charge is 0.292 e. The van der Waals surface area contributed by atoms with E-state index in [-0.39, 0.29) is 11.5 Å². The molecule has 0 aliphatic heterocycles. The van der Waals surface area contributed by atoms with E-state index in [0.717, 1.165) is 5.56 Å². The highest BCUT2D eigenvalue weighted by molar-refractivity contribution is 9.10. The van der Waals surface area contributed by atoms with Crippen LogP contribution in [-0.4, -0.2) is 4.92 Å². The average molecular weight is 360 g/mol. The second-order valence-electron chi connectivity index (χ2n) is 4.02. The molecule has 4 nitrogen and oxygen atoms in total. The Balaban J connectivity index is 2.20. The number of benzene rings is 2. The van der Waals surface area contributed by atoms with Crippen LogP contribution in [0.3, 0.4) is 0 Å². The van der Waals surface area contributed by atoms with Crippen molar-refractivity contribution in [2.24, 2.45) is 0 Å². The molecule has 0 saturated heterocycles. The van der Waals surface area contributed by atoms with Gasteiger partial charge >= 0.3 is 0 Å². The molecule has 2 rings (SSSR count). The number of nitro groups is 1. The lowest BCUT2D eigenvalue weighted by molar-refractivity contribution is -0.384. The number of nitro benzene ring substituents is 1. The molecule has 0 aromatic heterocycles. The van der Waals surface area contributed by atoms with Gasteiger partial charge in [-0.05, 0) is 45.8 Å². The molecular formula is C13H9BrClFN2O2. The van der Waals surface area contributed by atoms with Gasteiger partial charge < -0.3 is 5.32 Å². The van der Waals surface area contributed by atoms with Gasteiger partial charge in [-0.1, -0.05) is 17.7 Å². The molecule has 0 radical (unpaired) electrons. The molecule has 0 bridgehead atoms. The lowest BCUT2D eigenvalue weighted by atomic mass is 10.2. The van der Waals surface area contributed by atoms with Crippen LogP contribution in [0.4, 0.5) is 15.8 Å². The van der Waals surface area contributed by atoms with Gasteiger partial charge in [0.2, 0.25) is 0 Å². The van der Waals surface area contributed by atoms with Gasteiger partial charge in [-0.25, -0.2) is 4.39 Å². The number of nitrogens with one attached hydrogen (secondary N) is 1. The maximum Gasteiger partial charge on any atom is 0.292 e. The summed E-state index contributed by atoms with van der Waals surface area (Å²) in [5, 5.41) is 14.2. The molecule has 0 fully saturated rings. The number of hydrogen-bond acceptors (Lipinski definition) is 3. The topological polar surface area (TPSA) is 55.2 Å². The Morgan fingerprint density at radius 2 is 2.05 bits per heavy atom. The van der Waals surface area contributed by atoms with Crippen LogP contribution in [0.5, 0.6) is 0 Å². The maximum absolute atomic E-state index is 13.1. The number of anilines is 1.